The second-order valence-corrected chi connectivity index (χ2v) is 3.49. The van der Waals surface area contributed by atoms with Crippen molar-refractivity contribution in [1.82, 2.24) is 9.38 Å². The predicted octanol–water partition coefficient (Wildman–Crippen LogP) is 2.40. The molecule has 0 bridgehead atoms. The summed E-state index contributed by atoms with van der Waals surface area (Å²) in [4.78, 5) is 14.4. The van der Waals surface area contributed by atoms with Gasteiger partial charge in [0.25, 0.3) is 5.69 Å². The Kier molecular flexibility index (Phi) is 1.67. The quantitative estimate of drug-likeness (QED) is 0.460. The van der Waals surface area contributed by atoms with E-state index in [4.69, 9.17) is 0 Å². The van der Waals surface area contributed by atoms with Crippen LogP contribution in [0.15, 0.2) is 42.7 Å². The third kappa shape index (κ3) is 1.15. The van der Waals surface area contributed by atoms with Gasteiger partial charge >= 0.3 is 0 Å². The second kappa shape index (κ2) is 3.03. The van der Waals surface area contributed by atoms with Gasteiger partial charge in [-0.3, -0.25) is 14.5 Å². The molecule has 3 rings (SSSR count). The zero-order valence-electron chi connectivity index (χ0n) is 8.20. The molecule has 0 saturated carbocycles. The summed E-state index contributed by atoms with van der Waals surface area (Å²) in [5.41, 5.74) is 1.86. The molecule has 0 fully saturated rings. The van der Waals surface area contributed by atoms with E-state index in [0.29, 0.717) is 0 Å². The number of nitro benzene ring substituents is 1. The van der Waals surface area contributed by atoms with E-state index in [1.807, 2.05) is 22.7 Å². The Balaban J connectivity index is 2.41. The minimum Gasteiger partial charge on any atom is -0.300 e. The minimum atomic E-state index is -0.391. The molecule has 1 aromatic carbocycles. The van der Waals surface area contributed by atoms with Gasteiger partial charge in [0.15, 0.2) is 0 Å². The van der Waals surface area contributed by atoms with Crippen molar-refractivity contribution in [3.8, 4) is 0 Å². The summed E-state index contributed by atoms with van der Waals surface area (Å²) < 4.78 is 1.90. The first kappa shape index (κ1) is 8.84. The van der Waals surface area contributed by atoms with Crippen LogP contribution in [0, 0.1) is 10.1 Å². The third-order valence-corrected chi connectivity index (χ3v) is 2.56. The van der Waals surface area contributed by atoms with Crippen molar-refractivity contribution in [2.75, 3.05) is 0 Å². The number of hydrogen-bond donors (Lipinski definition) is 0. The van der Waals surface area contributed by atoms with E-state index in [0.717, 1.165) is 16.6 Å². The summed E-state index contributed by atoms with van der Waals surface area (Å²) in [6.07, 6.45) is 3.54. The van der Waals surface area contributed by atoms with Crippen LogP contribution in [0.3, 0.4) is 0 Å². The summed E-state index contributed by atoms with van der Waals surface area (Å²) in [6.45, 7) is 0. The van der Waals surface area contributed by atoms with E-state index < -0.39 is 4.92 Å². The lowest BCUT2D eigenvalue weighted by atomic mass is 10.2. The Hall–Kier alpha value is -2.43. The monoisotopic (exact) mass is 213 g/mol. The van der Waals surface area contributed by atoms with Gasteiger partial charge in [-0.05, 0) is 18.2 Å². The van der Waals surface area contributed by atoms with Gasteiger partial charge in [0.1, 0.15) is 5.65 Å². The number of hydrogen-bond acceptors (Lipinski definition) is 3. The van der Waals surface area contributed by atoms with Crippen molar-refractivity contribution in [2.24, 2.45) is 0 Å². The van der Waals surface area contributed by atoms with Gasteiger partial charge in [0, 0.05) is 29.9 Å². The number of rotatable bonds is 1. The lowest BCUT2D eigenvalue weighted by Gasteiger charge is -2.01. The molecule has 0 atom stereocenters. The van der Waals surface area contributed by atoms with E-state index in [1.165, 1.54) is 6.07 Å². The molecule has 78 valence electrons. The number of nitro groups is 1. The minimum absolute atomic E-state index is 0.104. The molecule has 3 aromatic rings. The molecule has 0 amide bonds. The number of aromatic nitrogens is 2. The van der Waals surface area contributed by atoms with E-state index >= 15 is 0 Å². The van der Waals surface area contributed by atoms with Crippen molar-refractivity contribution in [2.45, 2.75) is 0 Å². The molecule has 5 nitrogen and oxygen atoms in total. The third-order valence-electron chi connectivity index (χ3n) is 2.56. The molecule has 0 N–H and O–H groups in total. The zero-order valence-corrected chi connectivity index (χ0v) is 8.20. The van der Waals surface area contributed by atoms with Crippen molar-refractivity contribution in [3.05, 3.63) is 52.8 Å². The number of nitrogens with zero attached hydrogens (tertiary/aromatic N) is 3. The fourth-order valence-corrected chi connectivity index (χ4v) is 1.81. The first-order chi connectivity index (χ1) is 7.75. The Morgan fingerprint density at radius 1 is 1.25 bits per heavy atom. The highest BCUT2D eigenvalue weighted by Gasteiger charge is 2.07. The highest BCUT2D eigenvalue weighted by Crippen LogP contribution is 2.21. The molecule has 0 aliphatic heterocycles. The fourth-order valence-electron chi connectivity index (χ4n) is 1.81. The summed E-state index contributed by atoms with van der Waals surface area (Å²) >= 11 is 0. The van der Waals surface area contributed by atoms with Crippen molar-refractivity contribution in [1.29, 1.82) is 0 Å². The van der Waals surface area contributed by atoms with Gasteiger partial charge in [-0.15, -0.1) is 0 Å². The summed E-state index contributed by atoms with van der Waals surface area (Å²) in [5, 5.41) is 11.5. The normalized spacial score (nSPS) is 11.0. The lowest BCUT2D eigenvalue weighted by Crippen LogP contribution is -1.90. The van der Waals surface area contributed by atoms with E-state index in [1.54, 1.807) is 18.3 Å². The van der Waals surface area contributed by atoms with Crippen LogP contribution in [0.25, 0.3) is 16.6 Å². The van der Waals surface area contributed by atoms with Gasteiger partial charge in [-0.25, -0.2) is 4.98 Å². The number of benzene rings is 1. The van der Waals surface area contributed by atoms with Crippen molar-refractivity contribution >= 4 is 22.2 Å². The van der Waals surface area contributed by atoms with E-state index in [9.17, 15) is 10.1 Å². The van der Waals surface area contributed by atoms with Crippen molar-refractivity contribution < 1.29 is 4.92 Å². The van der Waals surface area contributed by atoms with Crippen LogP contribution in [0.1, 0.15) is 0 Å². The Labute approximate surface area is 90.1 Å². The maximum Gasteiger partial charge on any atom is 0.270 e. The molecule has 0 aliphatic carbocycles. The SMILES string of the molecule is O=[N+]([O-])c1ccc2c(ccc3nccn32)c1. The highest BCUT2D eigenvalue weighted by molar-refractivity contribution is 5.84. The maximum atomic E-state index is 10.6. The number of fused-ring (bicyclic) bond motifs is 3. The van der Waals surface area contributed by atoms with Gasteiger partial charge in [0.05, 0.1) is 10.4 Å². The van der Waals surface area contributed by atoms with Crippen LogP contribution >= 0.6 is 0 Å². The van der Waals surface area contributed by atoms with Gasteiger partial charge in [0.2, 0.25) is 0 Å². The fraction of sp³-hybridized carbons (Fsp3) is 0. The van der Waals surface area contributed by atoms with Crippen LogP contribution in [0.5, 0.6) is 0 Å². The highest BCUT2D eigenvalue weighted by atomic mass is 16.6. The molecular formula is C11H7N3O2. The van der Waals surface area contributed by atoms with Gasteiger partial charge in [-0.2, -0.15) is 0 Å². The van der Waals surface area contributed by atoms with Crippen molar-refractivity contribution in [3.63, 3.8) is 0 Å². The van der Waals surface area contributed by atoms with Crippen LogP contribution < -0.4 is 0 Å². The number of imidazole rings is 1. The molecule has 0 spiro atoms. The Bertz CT molecular complexity index is 703. The predicted molar refractivity (Wildman–Crippen MR) is 59.4 cm³/mol. The molecular weight excluding hydrogens is 206 g/mol. The Morgan fingerprint density at radius 3 is 2.94 bits per heavy atom. The smallest absolute Gasteiger partial charge is 0.270 e. The summed E-state index contributed by atoms with van der Waals surface area (Å²) in [5.74, 6) is 0. The molecule has 0 unspecified atom stereocenters. The average Bonchev–Trinajstić information content (AvgIpc) is 2.76. The number of pyridine rings is 1. The molecule has 2 heterocycles. The average molecular weight is 213 g/mol. The van der Waals surface area contributed by atoms with Crippen LogP contribution in [0.4, 0.5) is 5.69 Å². The lowest BCUT2D eigenvalue weighted by molar-refractivity contribution is -0.384. The maximum absolute atomic E-state index is 10.6. The second-order valence-electron chi connectivity index (χ2n) is 3.49. The standard InChI is InChI=1S/C11H7N3O2/c15-14(16)9-2-3-10-8(7-9)1-4-11-12-5-6-13(10)11/h1-7H. The van der Waals surface area contributed by atoms with Gasteiger partial charge in [-0.1, -0.05) is 0 Å². The Morgan fingerprint density at radius 2 is 2.12 bits per heavy atom. The summed E-state index contributed by atoms with van der Waals surface area (Å²) in [7, 11) is 0. The zero-order chi connectivity index (χ0) is 11.1. The van der Waals surface area contributed by atoms with E-state index in [-0.39, 0.29) is 5.69 Å². The van der Waals surface area contributed by atoms with Crippen LogP contribution in [-0.4, -0.2) is 14.3 Å². The first-order valence-electron chi connectivity index (χ1n) is 4.76. The molecule has 5 heteroatoms. The largest absolute Gasteiger partial charge is 0.300 e. The van der Waals surface area contributed by atoms with Gasteiger partial charge < -0.3 is 0 Å². The molecule has 0 radical (unpaired) electrons. The first-order valence-corrected chi connectivity index (χ1v) is 4.76. The molecule has 0 saturated heterocycles. The molecule has 16 heavy (non-hydrogen) atoms. The molecule has 0 aliphatic rings. The topological polar surface area (TPSA) is 60.4 Å². The van der Waals surface area contributed by atoms with Crippen LogP contribution in [-0.2, 0) is 0 Å². The number of non-ortho nitro benzene ring substituents is 1. The molecule has 2 aromatic heterocycles. The van der Waals surface area contributed by atoms with Crippen LogP contribution in [0.2, 0.25) is 0 Å². The summed E-state index contributed by atoms with van der Waals surface area (Å²) in [6, 6.07) is 8.48. The van der Waals surface area contributed by atoms with E-state index in [2.05, 4.69) is 4.98 Å².